The van der Waals surface area contributed by atoms with Crippen LogP contribution in [-0.2, 0) is 6.54 Å². The molecule has 2 N–H and O–H groups in total. The highest BCUT2D eigenvalue weighted by molar-refractivity contribution is 9.10. The molecule has 1 saturated heterocycles. The third-order valence-corrected chi connectivity index (χ3v) is 4.02. The van der Waals surface area contributed by atoms with Crippen LogP contribution >= 0.6 is 15.9 Å². The van der Waals surface area contributed by atoms with E-state index in [1.807, 2.05) is 24.3 Å². The summed E-state index contributed by atoms with van der Waals surface area (Å²) < 4.78 is 0.400. The molecule has 0 bridgehead atoms. The summed E-state index contributed by atoms with van der Waals surface area (Å²) in [6.07, 6.45) is -1.85. The SMILES string of the molecule is C[C@@H]1[C@@H](O)[C@@H](O)C[N@@+]1([O-])Cc1ccc(Br)cc1. The summed E-state index contributed by atoms with van der Waals surface area (Å²) in [5, 5.41) is 31.7. The van der Waals surface area contributed by atoms with E-state index in [0.29, 0.717) is 0 Å². The number of quaternary nitrogens is 1. The van der Waals surface area contributed by atoms with Gasteiger partial charge >= 0.3 is 0 Å². The first-order chi connectivity index (χ1) is 7.92. The van der Waals surface area contributed by atoms with E-state index in [2.05, 4.69) is 15.9 Å². The van der Waals surface area contributed by atoms with E-state index in [0.717, 1.165) is 10.0 Å². The second-order valence-electron chi connectivity index (χ2n) is 4.72. The lowest BCUT2D eigenvalue weighted by molar-refractivity contribution is -0.906. The van der Waals surface area contributed by atoms with Crippen LogP contribution in [0, 0.1) is 5.21 Å². The minimum absolute atomic E-state index is 0.0540. The fourth-order valence-electron chi connectivity index (χ4n) is 2.30. The van der Waals surface area contributed by atoms with Gasteiger partial charge in [0.15, 0.2) is 0 Å². The lowest BCUT2D eigenvalue weighted by Crippen LogP contribution is -2.46. The topological polar surface area (TPSA) is 63.5 Å². The van der Waals surface area contributed by atoms with Gasteiger partial charge in [-0.3, -0.25) is 0 Å². The Bertz CT molecular complexity index is 397. The molecular weight excluding hydrogens is 286 g/mol. The van der Waals surface area contributed by atoms with E-state index in [1.165, 1.54) is 0 Å². The summed E-state index contributed by atoms with van der Waals surface area (Å²) in [5.41, 5.74) is 0.913. The highest BCUT2D eigenvalue weighted by atomic mass is 79.9. The Kier molecular flexibility index (Phi) is 3.56. The van der Waals surface area contributed by atoms with Crippen LogP contribution in [0.5, 0.6) is 0 Å². The molecule has 4 atom stereocenters. The zero-order valence-corrected chi connectivity index (χ0v) is 11.2. The number of hydrogen-bond acceptors (Lipinski definition) is 3. The fraction of sp³-hybridized carbons (Fsp3) is 0.500. The predicted octanol–water partition coefficient (Wildman–Crippen LogP) is 1.39. The number of likely N-dealkylation sites (tertiary alicyclic amines) is 1. The molecule has 2 rings (SSSR count). The van der Waals surface area contributed by atoms with E-state index in [4.69, 9.17) is 0 Å². The molecule has 17 heavy (non-hydrogen) atoms. The van der Waals surface area contributed by atoms with Gasteiger partial charge in [0.25, 0.3) is 0 Å². The van der Waals surface area contributed by atoms with Crippen molar-refractivity contribution in [3.05, 3.63) is 39.5 Å². The molecule has 4 nitrogen and oxygen atoms in total. The van der Waals surface area contributed by atoms with E-state index in [9.17, 15) is 15.4 Å². The standard InChI is InChI=1S/C12H16BrNO3/c1-8-12(16)11(15)7-14(8,17)6-9-2-4-10(13)5-3-9/h2-5,8,11-12,15-16H,6-7H2,1H3/t8-,11+,12-,14+/m1/s1. The van der Waals surface area contributed by atoms with Crippen molar-refractivity contribution < 1.29 is 14.9 Å². The zero-order chi connectivity index (χ0) is 12.6. The van der Waals surface area contributed by atoms with Gasteiger partial charge < -0.3 is 20.1 Å². The molecule has 0 aromatic heterocycles. The maximum absolute atomic E-state index is 12.5. The summed E-state index contributed by atoms with van der Waals surface area (Å²) in [4.78, 5) is 0. The van der Waals surface area contributed by atoms with Gasteiger partial charge in [0.1, 0.15) is 31.3 Å². The highest BCUT2D eigenvalue weighted by Crippen LogP contribution is 2.29. The van der Waals surface area contributed by atoms with Gasteiger partial charge in [-0.05, 0) is 19.1 Å². The summed E-state index contributed by atoms with van der Waals surface area (Å²) in [6.45, 7) is 2.02. The Morgan fingerprint density at radius 3 is 2.41 bits per heavy atom. The van der Waals surface area contributed by atoms with Crippen molar-refractivity contribution in [2.24, 2.45) is 0 Å². The zero-order valence-electron chi connectivity index (χ0n) is 9.58. The molecule has 5 heteroatoms. The van der Waals surface area contributed by atoms with Crippen molar-refractivity contribution in [2.45, 2.75) is 31.7 Å². The lowest BCUT2D eigenvalue weighted by Gasteiger charge is -2.43. The van der Waals surface area contributed by atoms with Crippen molar-refractivity contribution >= 4 is 15.9 Å². The smallest absolute Gasteiger partial charge is 0.137 e. The van der Waals surface area contributed by atoms with Crippen molar-refractivity contribution in [3.63, 3.8) is 0 Å². The van der Waals surface area contributed by atoms with Gasteiger partial charge in [-0.2, -0.15) is 0 Å². The van der Waals surface area contributed by atoms with Gasteiger partial charge in [0.05, 0.1) is 0 Å². The maximum atomic E-state index is 12.5. The third kappa shape index (κ3) is 2.53. The minimum atomic E-state index is -0.928. The molecule has 1 aromatic carbocycles. The van der Waals surface area contributed by atoms with Crippen LogP contribution in [0.25, 0.3) is 0 Å². The normalized spacial score (nSPS) is 37.4. The molecule has 0 unspecified atom stereocenters. The molecule has 0 amide bonds. The fourth-order valence-corrected chi connectivity index (χ4v) is 2.56. The molecule has 1 fully saturated rings. The number of rotatable bonds is 2. The number of hydrogen-bond donors (Lipinski definition) is 2. The molecule has 0 radical (unpaired) electrons. The Hall–Kier alpha value is -0.460. The van der Waals surface area contributed by atoms with Crippen molar-refractivity contribution in [1.82, 2.24) is 0 Å². The Morgan fingerprint density at radius 1 is 1.35 bits per heavy atom. The summed E-state index contributed by atoms with van der Waals surface area (Å²) in [6, 6.07) is 7.04. The van der Waals surface area contributed by atoms with Gasteiger partial charge in [0.2, 0.25) is 0 Å². The van der Waals surface area contributed by atoms with Crippen LogP contribution in [0.3, 0.4) is 0 Å². The van der Waals surface area contributed by atoms with E-state index in [1.54, 1.807) is 6.92 Å². The monoisotopic (exact) mass is 301 g/mol. The van der Waals surface area contributed by atoms with E-state index in [-0.39, 0.29) is 13.1 Å². The molecule has 94 valence electrons. The Balaban J connectivity index is 2.15. The molecular formula is C12H16BrNO3. The van der Waals surface area contributed by atoms with Crippen LogP contribution in [0.4, 0.5) is 0 Å². The average Bonchev–Trinajstić information content (AvgIpc) is 2.47. The first kappa shape index (κ1) is 13.0. The van der Waals surface area contributed by atoms with Gasteiger partial charge in [0, 0.05) is 10.0 Å². The molecule has 1 aromatic rings. The number of hydroxylamine groups is 3. The Labute approximate surface area is 109 Å². The molecule has 1 aliphatic rings. The number of halogens is 1. The van der Waals surface area contributed by atoms with Crippen LogP contribution < -0.4 is 0 Å². The predicted molar refractivity (Wildman–Crippen MR) is 67.8 cm³/mol. The summed E-state index contributed by atoms with van der Waals surface area (Å²) >= 11 is 3.34. The number of aliphatic hydroxyl groups is 2. The van der Waals surface area contributed by atoms with Gasteiger partial charge in [-0.1, -0.05) is 28.1 Å². The highest BCUT2D eigenvalue weighted by Gasteiger charge is 2.45. The second-order valence-corrected chi connectivity index (χ2v) is 5.63. The molecule has 0 spiro atoms. The molecule has 0 aliphatic carbocycles. The van der Waals surface area contributed by atoms with Crippen molar-refractivity contribution in [3.8, 4) is 0 Å². The largest absolute Gasteiger partial charge is 0.632 e. The van der Waals surface area contributed by atoms with Crippen LogP contribution in [0.1, 0.15) is 12.5 Å². The minimum Gasteiger partial charge on any atom is -0.632 e. The summed E-state index contributed by atoms with van der Waals surface area (Å²) in [5.74, 6) is 0. The van der Waals surface area contributed by atoms with E-state index >= 15 is 0 Å². The number of benzene rings is 1. The first-order valence-corrected chi connectivity index (χ1v) is 6.40. The van der Waals surface area contributed by atoms with Crippen LogP contribution in [0.2, 0.25) is 0 Å². The number of nitrogens with zero attached hydrogens (tertiary/aromatic N) is 1. The molecule has 0 saturated carbocycles. The van der Waals surface area contributed by atoms with Crippen LogP contribution in [-0.4, -0.2) is 39.7 Å². The third-order valence-electron chi connectivity index (χ3n) is 3.49. The van der Waals surface area contributed by atoms with Gasteiger partial charge in [-0.25, -0.2) is 0 Å². The molecule has 1 aliphatic heterocycles. The average molecular weight is 302 g/mol. The second kappa shape index (κ2) is 4.66. The van der Waals surface area contributed by atoms with Gasteiger partial charge in [-0.15, -0.1) is 0 Å². The maximum Gasteiger partial charge on any atom is 0.137 e. The quantitative estimate of drug-likeness (QED) is 0.641. The first-order valence-electron chi connectivity index (χ1n) is 5.61. The summed E-state index contributed by atoms with van der Waals surface area (Å²) in [7, 11) is 0. The van der Waals surface area contributed by atoms with Crippen molar-refractivity contribution in [1.29, 1.82) is 0 Å². The molecule has 1 heterocycles. The Morgan fingerprint density at radius 2 is 1.94 bits per heavy atom. The number of aliphatic hydroxyl groups excluding tert-OH is 2. The van der Waals surface area contributed by atoms with Crippen LogP contribution in [0.15, 0.2) is 28.7 Å². The van der Waals surface area contributed by atoms with E-state index < -0.39 is 22.9 Å². The van der Waals surface area contributed by atoms with Crippen molar-refractivity contribution in [2.75, 3.05) is 6.54 Å². The lowest BCUT2D eigenvalue weighted by atomic mass is 10.1.